The molecule has 144 valence electrons. The number of rotatable bonds is 5. The zero-order valence-corrected chi connectivity index (χ0v) is 15.1. The van der Waals surface area contributed by atoms with Crippen LogP contribution in [0.4, 0.5) is 19.0 Å². The molecule has 1 amide bonds. The van der Waals surface area contributed by atoms with Crippen molar-refractivity contribution in [1.82, 2.24) is 10.3 Å². The van der Waals surface area contributed by atoms with Crippen molar-refractivity contribution in [2.45, 2.75) is 50.9 Å². The summed E-state index contributed by atoms with van der Waals surface area (Å²) in [7, 11) is 0. The summed E-state index contributed by atoms with van der Waals surface area (Å²) in [5, 5.41) is 11.7. The third-order valence-corrected chi connectivity index (χ3v) is 5.89. The van der Waals surface area contributed by atoms with Crippen molar-refractivity contribution < 1.29 is 23.1 Å². The van der Waals surface area contributed by atoms with Gasteiger partial charge in [0.2, 0.25) is 5.91 Å². The first-order chi connectivity index (χ1) is 12.2. The second-order valence-electron chi connectivity index (χ2n) is 6.87. The maximum atomic E-state index is 12.9. The summed E-state index contributed by atoms with van der Waals surface area (Å²) < 4.78 is 38.6. The highest BCUT2D eigenvalue weighted by atomic mass is 35.5. The van der Waals surface area contributed by atoms with Gasteiger partial charge in [-0.25, -0.2) is 4.98 Å². The second kappa shape index (κ2) is 6.88. The number of amides is 1. The van der Waals surface area contributed by atoms with Gasteiger partial charge in [-0.3, -0.25) is 4.79 Å². The first-order valence-corrected chi connectivity index (χ1v) is 9.02. The number of carbonyl (C=O) groups is 1. The molecule has 5 nitrogen and oxygen atoms in total. The van der Waals surface area contributed by atoms with Crippen LogP contribution in [0.2, 0.25) is 5.02 Å². The number of halogens is 4. The summed E-state index contributed by atoms with van der Waals surface area (Å²) in [6, 6.07) is 0.737. The minimum absolute atomic E-state index is 0.0153. The van der Waals surface area contributed by atoms with Crippen LogP contribution in [-0.2, 0) is 11.0 Å². The zero-order chi connectivity index (χ0) is 19.1. The van der Waals surface area contributed by atoms with Crippen molar-refractivity contribution in [2.24, 2.45) is 5.41 Å². The smallest absolute Gasteiger partial charge is 0.395 e. The van der Waals surface area contributed by atoms with E-state index >= 15 is 0 Å². The zero-order valence-electron chi connectivity index (χ0n) is 14.3. The van der Waals surface area contributed by atoms with E-state index < -0.39 is 17.2 Å². The van der Waals surface area contributed by atoms with E-state index in [0.29, 0.717) is 18.7 Å². The Hall–Kier alpha value is -1.54. The van der Waals surface area contributed by atoms with Crippen molar-refractivity contribution in [3.8, 4) is 0 Å². The van der Waals surface area contributed by atoms with Gasteiger partial charge in [0.15, 0.2) is 0 Å². The second-order valence-corrected chi connectivity index (χ2v) is 7.28. The highest BCUT2D eigenvalue weighted by Crippen LogP contribution is 2.54. The molecule has 9 heteroatoms. The van der Waals surface area contributed by atoms with Crippen molar-refractivity contribution >= 4 is 23.3 Å². The van der Waals surface area contributed by atoms with Crippen LogP contribution in [-0.4, -0.2) is 41.2 Å². The van der Waals surface area contributed by atoms with Gasteiger partial charge >= 0.3 is 6.18 Å². The summed E-state index contributed by atoms with van der Waals surface area (Å²) >= 11 is 6.14. The van der Waals surface area contributed by atoms with Crippen molar-refractivity contribution in [1.29, 1.82) is 0 Å². The van der Waals surface area contributed by atoms with E-state index in [-0.39, 0.29) is 36.2 Å². The Labute approximate surface area is 154 Å². The fraction of sp³-hybridized carbons (Fsp3) is 0.647. The van der Waals surface area contributed by atoms with Crippen LogP contribution in [0.15, 0.2) is 12.3 Å². The fourth-order valence-electron chi connectivity index (χ4n) is 4.41. The molecule has 0 spiro atoms. The maximum Gasteiger partial charge on any atom is 0.417 e. The number of aromatic nitrogens is 1. The average molecular weight is 392 g/mol. The van der Waals surface area contributed by atoms with Gasteiger partial charge in [0.1, 0.15) is 5.82 Å². The Bertz CT molecular complexity index is 700. The number of pyridine rings is 1. The van der Waals surface area contributed by atoms with Gasteiger partial charge < -0.3 is 15.3 Å². The average Bonchev–Trinajstić information content (AvgIpc) is 3.14. The third kappa shape index (κ3) is 3.03. The molecule has 0 aromatic carbocycles. The number of alkyl halides is 3. The quantitative estimate of drug-likeness (QED) is 0.809. The van der Waals surface area contributed by atoms with E-state index in [4.69, 9.17) is 16.7 Å². The number of anilines is 1. The summed E-state index contributed by atoms with van der Waals surface area (Å²) in [6.07, 6.45) is -0.914. The lowest BCUT2D eigenvalue weighted by Crippen LogP contribution is -2.49. The largest absolute Gasteiger partial charge is 0.417 e. The number of carbonyl (C=O) groups excluding carboxylic acids is 1. The molecule has 0 saturated carbocycles. The molecule has 2 aliphatic rings. The van der Waals surface area contributed by atoms with Gasteiger partial charge in [0.05, 0.1) is 22.6 Å². The van der Waals surface area contributed by atoms with Crippen LogP contribution in [0.1, 0.15) is 38.2 Å². The number of hydrogen-bond donors (Lipinski definition) is 2. The minimum atomic E-state index is -4.50. The Morgan fingerprint density at radius 2 is 2.23 bits per heavy atom. The summed E-state index contributed by atoms with van der Waals surface area (Å²) in [6.45, 7) is 1.96. The van der Waals surface area contributed by atoms with Crippen LogP contribution in [0.5, 0.6) is 0 Å². The SMILES string of the molecule is CC[C@]1(C(=O)NCCO)C[C@H]2CC[C@@H]1N2c1ncc(C(F)(F)F)cc1Cl. The molecule has 3 rings (SSSR count). The lowest BCUT2D eigenvalue weighted by Gasteiger charge is -2.35. The van der Waals surface area contributed by atoms with Gasteiger partial charge in [-0.05, 0) is 31.7 Å². The van der Waals surface area contributed by atoms with Crippen LogP contribution < -0.4 is 10.2 Å². The predicted octanol–water partition coefficient (Wildman–Crippen LogP) is 3.00. The minimum Gasteiger partial charge on any atom is -0.395 e. The number of nitrogens with zero attached hydrogens (tertiary/aromatic N) is 2. The summed E-state index contributed by atoms with van der Waals surface area (Å²) in [4.78, 5) is 18.7. The fourth-order valence-corrected chi connectivity index (χ4v) is 4.67. The van der Waals surface area contributed by atoms with Crippen LogP contribution >= 0.6 is 11.6 Å². The van der Waals surface area contributed by atoms with Crippen molar-refractivity contribution in [2.75, 3.05) is 18.1 Å². The molecule has 2 N–H and O–H groups in total. The number of nitrogens with one attached hydrogen (secondary N) is 1. The van der Waals surface area contributed by atoms with Gasteiger partial charge in [-0.15, -0.1) is 0 Å². The van der Waals surface area contributed by atoms with E-state index in [1.54, 1.807) is 0 Å². The Balaban J connectivity index is 1.92. The normalized spacial score (nSPS) is 27.8. The van der Waals surface area contributed by atoms with Gasteiger partial charge in [0, 0.05) is 24.8 Å². The molecule has 0 aliphatic carbocycles. The first kappa shape index (κ1) is 19.2. The molecule has 2 bridgehead atoms. The molecule has 3 heterocycles. The molecule has 0 radical (unpaired) electrons. The monoisotopic (exact) mass is 391 g/mol. The molecule has 0 unspecified atom stereocenters. The highest BCUT2D eigenvalue weighted by molar-refractivity contribution is 6.33. The highest BCUT2D eigenvalue weighted by Gasteiger charge is 2.59. The molecule has 2 aliphatic heterocycles. The molecular weight excluding hydrogens is 371 g/mol. The topological polar surface area (TPSA) is 65.5 Å². The van der Waals surface area contributed by atoms with Crippen LogP contribution in [0, 0.1) is 5.41 Å². The van der Waals surface area contributed by atoms with Gasteiger partial charge in [0.25, 0.3) is 0 Å². The molecular formula is C17H21ClF3N3O2. The van der Waals surface area contributed by atoms with E-state index in [0.717, 1.165) is 25.1 Å². The van der Waals surface area contributed by atoms with Crippen molar-refractivity contribution in [3.63, 3.8) is 0 Å². The third-order valence-electron chi connectivity index (χ3n) is 5.61. The molecule has 1 aromatic heterocycles. The number of aliphatic hydroxyl groups excluding tert-OH is 1. The first-order valence-electron chi connectivity index (χ1n) is 8.65. The summed E-state index contributed by atoms with van der Waals surface area (Å²) in [5.41, 5.74) is -1.54. The number of aliphatic hydroxyl groups is 1. The van der Waals surface area contributed by atoms with Crippen molar-refractivity contribution in [3.05, 3.63) is 22.8 Å². The Morgan fingerprint density at radius 1 is 1.50 bits per heavy atom. The predicted molar refractivity (Wildman–Crippen MR) is 91.0 cm³/mol. The van der Waals surface area contributed by atoms with E-state index in [1.165, 1.54) is 0 Å². The van der Waals surface area contributed by atoms with E-state index in [1.807, 2.05) is 11.8 Å². The Kier molecular flexibility index (Phi) is 5.09. The van der Waals surface area contributed by atoms with E-state index in [2.05, 4.69) is 10.3 Å². The van der Waals surface area contributed by atoms with Gasteiger partial charge in [-0.1, -0.05) is 18.5 Å². The maximum absolute atomic E-state index is 12.9. The molecule has 2 fully saturated rings. The number of fused-ring (bicyclic) bond motifs is 2. The van der Waals surface area contributed by atoms with Crippen LogP contribution in [0.3, 0.4) is 0 Å². The molecule has 1 aromatic rings. The lowest BCUT2D eigenvalue weighted by atomic mass is 9.71. The molecule has 26 heavy (non-hydrogen) atoms. The van der Waals surface area contributed by atoms with E-state index in [9.17, 15) is 18.0 Å². The lowest BCUT2D eigenvalue weighted by molar-refractivity contribution is -0.137. The van der Waals surface area contributed by atoms with Gasteiger partial charge in [-0.2, -0.15) is 13.2 Å². The van der Waals surface area contributed by atoms with Crippen LogP contribution in [0.25, 0.3) is 0 Å². The number of hydrogen-bond acceptors (Lipinski definition) is 4. The Morgan fingerprint density at radius 3 is 2.81 bits per heavy atom. The summed E-state index contributed by atoms with van der Waals surface area (Å²) in [5.74, 6) is 0.173. The standard InChI is InChI=1S/C17H21ClF3N3O2/c1-2-16(15(26)22-5-6-25)8-11-3-4-13(16)24(11)14-12(18)7-10(9-23-14)17(19,20)21/h7,9,11,13,25H,2-6,8H2,1H3,(H,22,26)/t11-,13+,16+/m1/s1. The molecule has 2 saturated heterocycles. The molecule has 3 atom stereocenters.